The lowest BCUT2D eigenvalue weighted by Crippen LogP contribution is -2.32. The zero-order valence-electron chi connectivity index (χ0n) is 10.7. The van der Waals surface area contributed by atoms with Gasteiger partial charge in [0.2, 0.25) is 0 Å². The third-order valence-electron chi connectivity index (χ3n) is 3.13. The predicted molar refractivity (Wildman–Crippen MR) is 71.0 cm³/mol. The van der Waals surface area contributed by atoms with Crippen LogP contribution >= 0.6 is 0 Å². The summed E-state index contributed by atoms with van der Waals surface area (Å²) in [6, 6.07) is 12.2. The minimum atomic E-state index is -0.405. The fourth-order valence-electron chi connectivity index (χ4n) is 2.18. The molecule has 1 aliphatic heterocycles. The van der Waals surface area contributed by atoms with Crippen LogP contribution in [0, 0.1) is 0 Å². The number of aromatic nitrogens is 2. The van der Waals surface area contributed by atoms with Crippen molar-refractivity contribution in [3.8, 4) is 0 Å². The first kappa shape index (κ1) is 12.6. The highest BCUT2D eigenvalue weighted by Gasteiger charge is 2.32. The highest BCUT2D eigenvalue weighted by Crippen LogP contribution is 2.27. The van der Waals surface area contributed by atoms with Gasteiger partial charge in [-0.2, -0.15) is 5.10 Å². The summed E-state index contributed by atoms with van der Waals surface area (Å²) in [5.74, 6) is -0.257. The van der Waals surface area contributed by atoms with Crippen LogP contribution in [0.2, 0.25) is 0 Å². The molecule has 1 aromatic carbocycles. The average Bonchev–Trinajstić information content (AvgIpc) is 2.97. The molecule has 1 atom stereocenters. The van der Waals surface area contributed by atoms with Crippen LogP contribution < -0.4 is 5.56 Å². The number of amides is 1. The second-order valence-electron chi connectivity index (χ2n) is 4.44. The number of nitrogens with zero attached hydrogens (tertiary/aromatic N) is 2. The molecular weight excluding hydrogens is 258 g/mol. The summed E-state index contributed by atoms with van der Waals surface area (Å²) in [6.07, 6.45) is -0.405. The van der Waals surface area contributed by atoms with Crippen LogP contribution in [0.1, 0.15) is 22.3 Å². The van der Waals surface area contributed by atoms with Crippen molar-refractivity contribution in [1.82, 2.24) is 15.1 Å². The normalized spacial score (nSPS) is 18.2. The Balaban J connectivity index is 1.87. The van der Waals surface area contributed by atoms with Gasteiger partial charge in [-0.05, 0) is 6.07 Å². The van der Waals surface area contributed by atoms with Crippen LogP contribution in [-0.2, 0) is 4.74 Å². The number of carbonyl (C=O) groups is 1. The fourth-order valence-corrected chi connectivity index (χ4v) is 2.18. The van der Waals surface area contributed by atoms with Gasteiger partial charge in [0.05, 0.1) is 6.61 Å². The molecule has 0 saturated carbocycles. The van der Waals surface area contributed by atoms with Gasteiger partial charge in [-0.1, -0.05) is 30.3 Å². The first-order valence-corrected chi connectivity index (χ1v) is 6.29. The number of rotatable bonds is 2. The van der Waals surface area contributed by atoms with Crippen LogP contribution in [0.4, 0.5) is 0 Å². The second-order valence-corrected chi connectivity index (χ2v) is 4.44. The number of nitrogens with one attached hydrogen (secondary N) is 1. The molecule has 3 rings (SSSR count). The lowest BCUT2D eigenvalue weighted by molar-refractivity contribution is 0.0267. The van der Waals surface area contributed by atoms with Gasteiger partial charge in [-0.25, -0.2) is 5.10 Å². The Kier molecular flexibility index (Phi) is 3.30. The lowest BCUT2D eigenvalue weighted by atomic mass is 10.2. The summed E-state index contributed by atoms with van der Waals surface area (Å²) >= 11 is 0. The standard InChI is InChI=1S/C14H13N3O3/c18-12-7-6-11(15-16-12)13(19)17-8-9-20-14(17)10-4-2-1-3-5-10/h1-7,14H,8-9H2,(H,16,18). The van der Waals surface area contributed by atoms with E-state index in [0.717, 1.165) is 5.56 Å². The van der Waals surface area contributed by atoms with E-state index in [4.69, 9.17) is 4.74 Å². The largest absolute Gasteiger partial charge is 0.352 e. The van der Waals surface area contributed by atoms with Gasteiger partial charge < -0.3 is 9.64 Å². The molecule has 102 valence electrons. The van der Waals surface area contributed by atoms with Gasteiger partial charge in [0, 0.05) is 18.2 Å². The van der Waals surface area contributed by atoms with Crippen molar-refractivity contribution in [3.63, 3.8) is 0 Å². The van der Waals surface area contributed by atoms with E-state index in [0.29, 0.717) is 13.2 Å². The van der Waals surface area contributed by atoms with Crippen molar-refractivity contribution in [1.29, 1.82) is 0 Å². The van der Waals surface area contributed by atoms with Crippen molar-refractivity contribution in [2.75, 3.05) is 13.2 Å². The Bertz CT molecular complexity index is 648. The summed E-state index contributed by atoms with van der Waals surface area (Å²) in [7, 11) is 0. The molecule has 2 heterocycles. The van der Waals surface area contributed by atoms with Crippen LogP contribution in [0.5, 0.6) is 0 Å². The molecule has 1 aromatic heterocycles. The van der Waals surface area contributed by atoms with Crippen molar-refractivity contribution < 1.29 is 9.53 Å². The molecule has 1 aliphatic rings. The summed E-state index contributed by atoms with van der Waals surface area (Å²) in [5.41, 5.74) is 0.789. The van der Waals surface area contributed by atoms with Crippen molar-refractivity contribution in [3.05, 3.63) is 64.1 Å². The molecule has 1 unspecified atom stereocenters. The Labute approximate surface area is 115 Å². The highest BCUT2D eigenvalue weighted by atomic mass is 16.5. The second kappa shape index (κ2) is 5.26. The number of hydrogen-bond acceptors (Lipinski definition) is 4. The summed E-state index contributed by atoms with van der Waals surface area (Å²) < 4.78 is 5.62. The maximum atomic E-state index is 12.4. The summed E-state index contributed by atoms with van der Waals surface area (Å²) in [5, 5.41) is 6.03. The molecule has 1 N–H and O–H groups in total. The number of benzene rings is 1. The Morgan fingerprint density at radius 1 is 1.25 bits per heavy atom. The molecule has 1 saturated heterocycles. The topological polar surface area (TPSA) is 75.3 Å². The van der Waals surface area contributed by atoms with E-state index in [9.17, 15) is 9.59 Å². The van der Waals surface area contributed by atoms with Crippen LogP contribution in [0.15, 0.2) is 47.3 Å². The molecule has 1 amide bonds. The smallest absolute Gasteiger partial charge is 0.276 e. The van der Waals surface area contributed by atoms with Crippen LogP contribution in [-0.4, -0.2) is 34.2 Å². The quantitative estimate of drug-likeness (QED) is 0.882. The van der Waals surface area contributed by atoms with Crippen molar-refractivity contribution >= 4 is 5.91 Å². The Morgan fingerprint density at radius 2 is 2.05 bits per heavy atom. The number of carbonyl (C=O) groups excluding carboxylic acids is 1. The van der Waals surface area contributed by atoms with Gasteiger partial charge in [-0.3, -0.25) is 9.59 Å². The minimum absolute atomic E-state index is 0.205. The highest BCUT2D eigenvalue weighted by molar-refractivity contribution is 5.92. The summed E-state index contributed by atoms with van der Waals surface area (Å²) in [4.78, 5) is 25.0. The molecule has 1 fully saturated rings. The maximum absolute atomic E-state index is 12.4. The zero-order valence-corrected chi connectivity index (χ0v) is 10.7. The fraction of sp³-hybridized carbons (Fsp3) is 0.214. The van der Waals surface area contributed by atoms with Gasteiger partial charge >= 0.3 is 0 Å². The van der Waals surface area contributed by atoms with Crippen LogP contribution in [0.3, 0.4) is 0 Å². The predicted octanol–water partition coefficient (Wildman–Crippen LogP) is 0.941. The molecule has 20 heavy (non-hydrogen) atoms. The number of hydrogen-bond donors (Lipinski definition) is 1. The Hall–Kier alpha value is -2.47. The monoisotopic (exact) mass is 271 g/mol. The maximum Gasteiger partial charge on any atom is 0.276 e. The number of aromatic amines is 1. The minimum Gasteiger partial charge on any atom is -0.352 e. The summed E-state index contributed by atoms with van der Waals surface area (Å²) in [6.45, 7) is 0.980. The zero-order chi connectivity index (χ0) is 13.9. The number of H-pyrrole nitrogens is 1. The molecule has 0 aliphatic carbocycles. The van der Waals surface area contributed by atoms with E-state index in [1.807, 2.05) is 30.3 Å². The van der Waals surface area contributed by atoms with E-state index in [1.165, 1.54) is 12.1 Å². The molecule has 0 radical (unpaired) electrons. The SMILES string of the molecule is O=C(c1ccc(=O)[nH]n1)N1CCOC1c1ccccc1. The molecule has 0 spiro atoms. The van der Waals surface area contributed by atoms with Crippen molar-refractivity contribution in [2.45, 2.75) is 6.23 Å². The van der Waals surface area contributed by atoms with Gasteiger partial charge in [-0.15, -0.1) is 0 Å². The third-order valence-corrected chi connectivity index (χ3v) is 3.13. The first-order valence-electron chi connectivity index (χ1n) is 6.29. The van der Waals surface area contributed by atoms with Gasteiger partial charge in [0.25, 0.3) is 11.5 Å². The molecule has 0 bridgehead atoms. The molecule has 6 heteroatoms. The average molecular weight is 271 g/mol. The van der Waals surface area contributed by atoms with E-state index in [1.54, 1.807) is 4.90 Å². The Morgan fingerprint density at radius 3 is 2.75 bits per heavy atom. The molecular formula is C14H13N3O3. The van der Waals surface area contributed by atoms with Crippen molar-refractivity contribution in [2.24, 2.45) is 0 Å². The lowest BCUT2D eigenvalue weighted by Gasteiger charge is -2.22. The third kappa shape index (κ3) is 2.33. The number of ether oxygens (including phenoxy) is 1. The first-order chi connectivity index (χ1) is 9.75. The van der Waals surface area contributed by atoms with Gasteiger partial charge in [0.1, 0.15) is 5.69 Å². The van der Waals surface area contributed by atoms with E-state index < -0.39 is 6.23 Å². The van der Waals surface area contributed by atoms with E-state index >= 15 is 0 Å². The van der Waals surface area contributed by atoms with E-state index in [-0.39, 0.29) is 17.2 Å². The van der Waals surface area contributed by atoms with E-state index in [2.05, 4.69) is 10.2 Å². The molecule has 6 nitrogen and oxygen atoms in total. The molecule has 2 aromatic rings. The van der Waals surface area contributed by atoms with Gasteiger partial charge in [0.15, 0.2) is 6.23 Å². The van der Waals surface area contributed by atoms with Crippen LogP contribution in [0.25, 0.3) is 0 Å².